The van der Waals surface area contributed by atoms with Gasteiger partial charge in [0.1, 0.15) is 5.82 Å². The van der Waals surface area contributed by atoms with Gasteiger partial charge < -0.3 is 9.13 Å². The molecule has 0 bridgehead atoms. The van der Waals surface area contributed by atoms with E-state index in [2.05, 4.69) is 118 Å². The Morgan fingerprint density at radius 2 is 1.34 bits per heavy atom. The van der Waals surface area contributed by atoms with E-state index in [1.807, 2.05) is 6.07 Å². The second-order valence-electron chi connectivity index (χ2n) is 8.13. The third kappa shape index (κ3) is 2.39. The van der Waals surface area contributed by atoms with Crippen molar-refractivity contribution in [1.29, 1.82) is 0 Å². The number of hydrogen-bond acceptors (Lipinski definition) is 1. The third-order valence-corrected chi connectivity index (χ3v) is 6.33. The van der Waals surface area contributed by atoms with Gasteiger partial charge in [-0.1, -0.05) is 60.7 Å². The number of aromatic nitrogens is 3. The first kappa shape index (κ1) is 17.3. The van der Waals surface area contributed by atoms with Gasteiger partial charge in [-0.15, -0.1) is 0 Å². The van der Waals surface area contributed by atoms with Crippen LogP contribution in [0.25, 0.3) is 55.1 Å². The molecular formula is C29H19N3. The molecule has 3 heteroatoms. The van der Waals surface area contributed by atoms with Gasteiger partial charge >= 0.3 is 0 Å². The van der Waals surface area contributed by atoms with Crippen LogP contribution in [0, 0.1) is 0 Å². The van der Waals surface area contributed by atoms with Crippen molar-refractivity contribution in [3.63, 3.8) is 0 Å². The molecule has 0 aliphatic carbocycles. The molecule has 3 heterocycles. The van der Waals surface area contributed by atoms with Crippen molar-refractivity contribution in [3.05, 3.63) is 115 Å². The van der Waals surface area contributed by atoms with Crippen LogP contribution in [0.5, 0.6) is 0 Å². The molecule has 150 valence electrons. The average molecular weight is 409 g/mol. The van der Waals surface area contributed by atoms with E-state index in [9.17, 15) is 0 Å². The van der Waals surface area contributed by atoms with Crippen LogP contribution in [0.1, 0.15) is 0 Å². The van der Waals surface area contributed by atoms with Gasteiger partial charge in [0.15, 0.2) is 0 Å². The predicted molar refractivity (Wildman–Crippen MR) is 133 cm³/mol. The summed E-state index contributed by atoms with van der Waals surface area (Å²) in [5.74, 6) is 0.933. The zero-order valence-corrected chi connectivity index (χ0v) is 17.3. The van der Waals surface area contributed by atoms with Crippen LogP contribution in [0.4, 0.5) is 0 Å². The fraction of sp³-hybridized carbons (Fsp3) is 0. The number of nitrogens with zero attached hydrogens (tertiary/aromatic N) is 3. The molecule has 0 saturated heterocycles. The van der Waals surface area contributed by atoms with Gasteiger partial charge in [0.2, 0.25) is 0 Å². The van der Waals surface area contributed by atoms with Gasteiger partial charge in [0.05, 0.1) is 22.1 Å². The summed E-state index contributed by atoms with van der Waals surface area (Å²) in [4.78, 5) is 4.98. The zero-order chi connectivity index (χ0) is 21.1. The lowest BCUT2D eigenvalue weighted by atomic mass is 10.1. The smallest absolute Gasteiger partial charge is 0.137 e. The second kappa shape index (κ2) is 6.56. The van der Waals surface area contributed by atoms with Crippen LogP contribution in [0.2, 0.25) is 0 Å². The minimum absolute atomic E-state index is 0.933. The topological polar surface area (TPSA) is 22.8 Å². The highest BCUT2D eigenvalue weighted by molar-refractivity contribution is 6.20. The molecule has 3 aromatic heterocycles. The highest BCUT2D eigenvalue weighted by Crippen LogP contribution is 2.37. The minimum Gasteiger partial charge on any atom is -0.309 e. The predicted octanol–water partition coefficient (Wildman–Crippen LogP) is 7.28. The zero-order valence-electron chi connectivity index (χ0n) is 17.3. The Hall–Kier alpha value is -4.37. The standard InChI is InChI=1S/C29H19N3/c1-2-9-22(10-3-1)32-25-13-7-5-11-23(25)28-26(32)16-14-21-18-19-31(29(21)28)27-17-15-20-8-4-6-12-24(20)30-27/h1-19H. The Morgan fingerprint density at radius 1 is 0.562 bits per heavy atom. The number of rotatable bonds is 2. The van der Waals surface area contributed by atoms with Crippen molar-refractivity contribution in [2.75, 3.05) is 0 Å². The SMILES string of the molecule is c1ccc(-n2c3ccccc3c3c4c(ccc32)ccn4-c2ccc3ccccc3n2)cc1. The van der Waals surface area contributed by atoms with Crippen molar-refractivity contribution in [2.24, 2.45) is 0 Å². The Morgan fingerprint density at radius 3 is 2.28 bits per heavy atom. The van der Waals surface area contributed by atoms with E-state index in [0.29, 0.717) is 0 Å². The molecule has 0 spiro atoms. The van der Waals surface area contributed by atoms with Crippen molar-refractivity contribution < 1.29 is 0 Å². The fourth-order valence-corrected chi connectivity index (χ4v) is 4.92. The summed E-state index contributed by atoms with van der Waals surface area (Å²) >= 11 is 0. The summed E-state index contributed by atoms with van der Waals surface area (Å²) in [6.45, 7) is 0. The van der Waals surface area contributed by atoms with Crippen LogP contribution < -0.4 is 0 Å². The molecule has 7 aromatic rings. The molecule has 7 rings (SSSR count). The number of hydrogen-bond donors (Lipinski definition) is 0. The molecule has 0 amide bonds. The highest BCUT2D eigenvalue weighted by atomic mass is 15.1. The monoisotopic (exact) mass is 409 g/mol. The van der Waals surface area contributed by atoms with Gasteiger partial charge in [0, 0.05) is 33.4 Å². The van der Waals surface area contributed by atoms with Crippen LogP contribution >= 0.6 is 0 Å². The van der Waals surface area contributed by atoms with Gasteiger partial charge in [0.25, 0.3) is 0 Å². The molecule has 0 N–H and O–H groups in total. The second-order valence-corrected chi connectivity index (χ2v) is 8.13. The van der Waals surface area contributed by atoms with Crippen molar-refractivity contribution in [1.82, 2.24) is 14.1 Å². The first-order valence-electron chi connectivity index (χ1n) is 10.8. The number of benzene rings is 4. The van der Waals surface area contributed by atoms with Gasteiger partial charge in [-0.3, -0.25) is 0 Å². The number of para-hydroxylation sites is 3. The summed E-state index contributed by atoms with van der Waals surface area (Å²) in [6, 6.07) is 38.4. The molecular weight excluding hydrogens is 390 g/mol. The van der Waals surface area contributed by atoms with E-state index in [1.54, 1.807) is 0 Å². The molecule has 0 fully saturated rings. The Labute approximate surface area is 184 Å². The summed E-state index contributed by atoms with van der Waals surface area (Å²) < 4.78 is 4.58. The quantitative estimate of drug-likeness (QED) is 0.294. The molecule has 0 aliphatic heterocycles. The number of pyridine rings is 1. The van der Waals surface area contributed by atoms with Crippen molar-refractivity contribution in [3.8, 4) is 11.5 Å². The Balaban J connectivity index is 1.62. The van der Waals surface area contributed by atoms with E-state index in [1.165, 1.54) is 38.4 Å². The van der Waals surface area contributed by atoms with Crippen molar-refractivity contribution in [2.45, 2.75) is 0 Å². The van der Waals surface area contributed by atoms with Gasteiger partial charge in [-0.25, -0.2) is 4.98 Å². The third-order valence-electron chi connectivity index (χ3n) is 6.33. The molecule has 0 saturated carbocycles. The van der Waals surface area contributed by atoms with Crippen LogP contribution in [0.3, 0.4) is 0 Å². The highest BCUT2D eigenvalue weighted by Gasteiger charge is 2.17. The largest absolute Gasteiger partial charge is 0.309 e. The molecule has 3 nitrogen and oxygen atoms in total. The van der Waals surface area contributed by atoms with E-state index in [0.717, 1.165) is 16.7 Å². The first-order valence-corrected chi connectivity index (χ1v) is 10.8. The Bertz CT molecular complexity index is 1770. The Kier molecular flexibility index (Phi) is 3.55. The molecule has 32 heavy (non-hydrogen) atoms. The summed E-state index contributed by atoms with van der Waals surface area (Å²) in [6.07, 6.45) is 2.13. The molecule has 0 atom stereocenters. The van der Waals surface area contributed by atoms with E-state index in [4.69, 9.17) is 4.98 Å². The first-order chi connectivity index (χ1) is 15.9. The maximum atomic E-state index is 4.98. The van der Waals surface area contributed by atoms with Crippen LogP contribution in [-0.4, -0.2) is 14.1 Å². The molecule has 0 radical (unpaired) electrons. The van der Waals surface area contributed by atoms with E-state index in [-0.39, 0.29) is 0 Å². The van der Waals surface area contributed by atoms with E-state index >= 15 is 0 Å². The molecule has 0 unspecified atom stereocenters. The van der Waals surface area contributed by atoms with E-state index < -0.39 is 0 Å². The normalized spacial score (nSPS) is 11.8. The van der Waals surface area contributed by atoms with Gasteiger partial charge in [-0.2, -0.15) is 0 Å². The summed E-state index contributed by atoms with van der Waals surface area (Å²) in [5, 5.41) is 4.86. The van der Waals surface area contributed by atoms with Gasteiger partial charge in [-0.05, 0) is 48.5 Å². The maximum absolute atomic E-state index is 4.98. The minimum atomic E-state index is 0.933. The summed E-state index contributed by atoms with van der Waals surface area (Å²) in [5.41, 5.74) is 5.77. The summed E-state index contributed by atoms with van der Waals surface area (Å²) in [7, 11) is 0. The average Bonchev–Trinajstić information content (AvgIpc) is 3.43. The lowest BCUT2D eigenvalue weighted by molar-refractivity contribution is 1.07. The lowest BCUT2D eigenvalue weighted by Crippen LogP contribution is -1.97. The number of fused-ring (bicyclic) bond motifs is 6. The lowest BCUT2D eigenvalue weighted by Gasteiger charge is -2.09. The van der Waals surface area contributed by atoms with Crippen LogP contribution in [0.15, 0.2) is 115 Å². The van der Waals surface area contributed by atoms with Crippen molar-refractivity contribution >= 4 is 43.6 Å². The molecule has 4 aromatic carbocycles. The maximum Gasteiger partial charge on any atom is 0.137 e. The van der Waals surface area contributed by atoms with Crippen LogP contribution in [-0.2, 0) is 0 Å². The molecule has 0 aliphatic rings. The fourth-order valence-electron chi connectivity index (χ4n) is 4.92.